The Morgan fingerprint density at radius 2 is 0.849 bits per heavy atom. The van der Waals surface area contributed by atoms with Gasteiger partial charge in [-0.25, -0.2) is 0 Å². The van der Waals surface area contributed by atoms with E-state index in [0.29, 0.717) is 37.3 Å². The average molecular weight is 1420 g/mol. The third-order valence-corrected chi connectivity index (χ3v) is 23.6. The first kappa shape index (κ1) is 69.6. The van der Waals surface area contributed by atoms with Gasteiger partial charge in [-0.3, -0.25) is 24.6 Å². The summed E-state index contributed by atoms with van der Waals surface area (Å²) in [5.41, 5.74) is 35.1. The molecule has 5 aromatic rings. The third-order valence-electron chi connectivity index (χ3n) is 23.6. The summed E-state index contributed by atoms with van der Waals surface area (Å²) in [7, 11) is 0. The first-order valence-electron chi connectivity index (χ1n) is 36.2. The van der Waals surface area contributed by atoms with Crippen LogP contribution in [0, 0.1) is 38.5 Å². The zero-order chi connectivity index (χ0) is 75.5. The normalized spacial score (nSPS) is 20.6. The molecule has 18 heterocycles. The molecule has 5 N–H and O–H groups in total. The quantitative estimate of drug-likeness (QED) is 0.0358. The molecule has 0 aliphatic carbocycles. The maximum absolute atomic E-state index is 12.0. The zero-order valence-electron chi connectivity index (χ0n) is 61.7. The van der Waals surface area contributed by atoms with Gasteiger partial charge in [-0.1, -0.05) is 90.0 Å². The molecular formula is C82H84N16O8+4. The molecule has 0 fully saturated rings. The summed E-state index contributed by atoms with van der Waals surface area (Å²) in [6.07, 6.45) is 31.0. The number of aromatic nitrogens is 8. The second kappa shape index (κ2) is 25.1. The standard InChI is InChI=1S/C41H40N6O4.C35H30N4O4.C6H10N4.N2/c1-8-24-15-28(29(10-3)43-42-24)40-23(7)33-17-34-25(9-2)20(4)30-16-31-21(5)26(11-13-38(48)49)35-19-36-27(12-14-39(50)51)22(6)32-18-37(40)47(33)41(44(30)34,45(31)35)46(32)36;1-7-21-17(3)25-13-26-19(5)23(9-11-33(40)41)31-16-32-24(10-12-34(42)43)20(6)28-15-30-22(8-2)18(4)27-14-29(21)36(25)35(37(27)30,38(26)31)39(28)32;1-3-5-7-9-6(4-2)10-8-5;1-2/h9,15-19,28H,2,8,10-14H2,1,3-7H3,(H-,48,49,50,51);7-8,13-16H,1-2,9-12H2,3-6H3;3-4H2,1-2H3;/p+4. The summed E-state index contributed by atoms with van der Waals surface area (Å²) >= 11 is 0. The lowest BCUT2D eigenvalue weighted by atomic mass is 9.88. The summed E-state index contributed by atoms with van der Waals surface area (Å²) in [6, 6.07) is 0. The maximum Gasteiger partial charge on any atom is 0.553 e. The lowest BCUT2D eigenvalue weighted by Gasteiger charge is -2.38. The largest absolute Gasteiger partial charge is 0.553 e. The molecule has 2 spiro atoms. The smallest absolute Gasteiger partial charge is 0.481 e. The summed E-state index contributed by atoms with van der Waals surface area (Å²) in [4.78, 5) is 47.7. The molecule has 0 saturated carbocycles. The topological polar surface area (TPSA) is 304 Å². The van der Waals surface area contributed by atoms with Gasteiger partial charge in [-0.15, -0.1) is 20.4 Å². The number of nitrogens with zero attached hydrogens (tertiary/aromatic N) is 15. The first-order chi connectivity index (χ1) is 50.9. The number of hydrazone groups is 1. The molecule has 5 aromatic heterocycles. The number of carboxylic acids is 4. The van der Waals surface area contributed by atoms with Crippen LogP contribution in [0.3, 0.4) is 0 Å². The minimum atomic E-state index is -0.973. The number of hydrogen-bond donors (Lipinski definition) is 5. The van der Waals surface area contributed by atoms with Crippen molar-refractivity contribution in [3.8, 4) is 0 Å². The highest BCUT2D eigenvalue weighted by atomic mass is 16.4. The number of nitrogens with one attached hydrogen (secondary N) is 1. The van der Waals surface area contributed by atoms with Crippen molar-refractivity contribution < 1.29 is 57.9 Å². The highest BCUT2D eigenvalue weighted by Gasteiger charge is 2.75. The van der Waals surface area contributed by atoms with Gasteiger partial charge < -0.3 is 20.4 Å². The van der Waals surface area contributed by atoms with Gasteiger partial charge in [0.2, 0.25) is 45.6 Å². The van der Waals surface area contributed by atoms with E-state index in [1.807, 2.05) is 32.1 Å². The van der Waals surface area contributed by atoms with Crippen LogP contribution in [0.2, 0.25) is 0 Å². The molecule has 24 nitrogen and oxygen atoms in total. The molecule has 0 amide bonds. The van der Waals surface area contributed by atoms with E-state index >= 15 is 0 Å². The van der Waals surface area contributed by atoms with Gasteiger partial charge in [0.1, 0.15) is 0 Å². The van der Waals surface area contributed by atoms with Crippen LogP contribution in [0.25, 0.3) is 54.7 Å². The highest BCUT2D eigenvalue weighted by molar-refractivity contribution is 6.22. The van der Waals surface area contributed by atoms with E-state index < -0.39 is 35.7 Å². The number of aryl methyl sites for hydroxylation is 2. The predicted molar refractivity (Wildman–Crippen MR) is 402 cm³/mol. The van der Waals surface area contributed by atoms with Crippen LogP contribution in [0.5, 0.6) is 0 Å². The molecule has 3 atom stereocenters. The van der Waals surface area contributed by atoms with Gasteiger partial charge in [0, 0.05) is 152 Å². The van der Waals surface area contributed by atoms with E-state index in [0.717, 1.165) is 205 Å². The maximum atomic E-state index is 12.0. The molecule has 13 aliphatic rings. The zero-order valence-corrected chi connectivity index (χ0v) is 61.7. The van der Waals surface area contributed by atoms with E-state index in [4.69, 9.17) is 15.9 Å². The van der Waals surface area contributed by atoms with Crippen molar-refractivity contribution in [2.45, 2.75) is 178 Å². The van der Waals surface area contributed by atoms with Crippen molar-refractivity contribution in [2.75, 3.05) is 0 Å². The second-order valence-corrected chi connectivity index (χ2v) is 28.5. The summed E-state index contributed by atoms with van der Waals surface area (Å²) in [6.45, 7) is 38.1. The van der Waals surface area contributed by atoms with E-state index in [2.05, 4.69) is 206 Å². The van der Waals surface area contributed by atoms with Crippen molar-refractivity contribution in [3.05, 3.63) is 211 Å². The molecule has 0 aromatic carbocycles. The Morgan fingerprint density at radius 1 is 0.453 bits per heavy atom. The van der Waals surface area contributed by atoms with Crippen LogP contribution in [0.4, 0.5) is 0 Å². The van der Waals surface area contributed by atoms with Crippen LogP contribution in [-0.4, -0.2) is 130 Å². The molecule has 0 saturated heterocycles. The Labute approximate surface area is 611 Å². The van der Waals surface area contributed by atoms with Crippen LogP contribution >= 0.6 is 0 Å². The van der Waals surface area contributed by atoms with Gasteiger partial charge in [0.15, 0.2) is 11.6 Å². The molecule has 0 bridgehead atoms. The molecular weight excluding hydrogens is 1340 g/mol. The Kier molecular flexibility index (Phi) is 16.4. The van der Waals surface area contributed by atoms with Crippen LogP contribution in [0.15, 0.2) is 116 Å². The number of carboxylic acid groups (broad SMARTS) is 4. The third kappa shape index (κ3) is 9.09. The average Bonchev–Trinajstić information content (AvgIpc) is 1.46. The number of rotatable bonds is 20. The highest BCUT2D eigenvalue weighted by Crippen LogP contribution is 2.55. The Bertz CT molecular complexity index is 5880. The first-order valence-corrected chi connectivity index (χ1v) is 36.2. The van der Waals surface area contributed by atoms with Gasteiger partial charge in [0.25, 0.3) is 0 Å². The summed E-state index contributed by atoms with van der Waals surface area (Å²) < 4.78 is 19.4. The number of hydrogen-bond acceptors (Lipinski definition) is 12. The Balaban J connectivity index is 0.000000149. The molecule has 24 heteroatoms. The van der Waals surface area contributed by atoms with Crippen LogP contribution in [-0.2, 0) is 43.8 Å². The lowest BCUT2D eigenvalue weighted by Crippen LogP contribution is -2.70. The van der Waals surface area contributed by atoms with Crippen molar-refractivity contribution in [3.63, 3.8) is 0 Å². The number of carbonyl (C=O) groups is 4. The molecule has 18 rings (SSSR count). The number of allylic oxidation sites excluding steroid dienone is 12. The fourth-order valence-corrected chi connectivity index (χ4v) is 18.7. The van der Waals surface area contributed by atoms with Crippen molar-refractivity contribution >= 4 is 107 Å². The monoisotopic (exact) mass is 1420 g/mol. The minimum absolute atomic E-state index is 0.00843. The van der Waals surface area contributed by atoms with Crippen LogP contribution < -0.4 is 26.8 Å². The molecule has 13 aliphatic heterocycles. The summed E-state index contributed by atoms with van der Waals surface area (Å²) in [5.74, 6) is -3.86. The SMILES string of the molecule is C=Cc1c(C)c2n3c1C=c1c(C)c(C4C=C(CC)NN=C4CC)c4n1C31[N+]3=C(C=4)C(C)=C(CCC(=O)O)C3=CC3=[N+]1C(=C2)C(C)=C3CCC(=O)O.C=Cc1c(C)c2n3c1C=c1c(C)c(C=C)c4n1C31[N+]3=C(C=4)C(C)=C(CCC(=O)O)C3=CC3=[N+]1C(=C2)C(C)=C3CCC(=O)O.CCc1nnc(CC)nn1.N#N. The van der Waals surface area contributed by atoms with Gasteiger partial charge in [-0.2, -0.15) is 23.4 Å². The van der Waals surface area contributed by atoms with Crippen molar-refractivity contribution in [1.29, 1.82) is 10.8 Å². The fourth-order valence-electron chi connectivity index (χ4n) is 18.7. The second-order valence-electron chi connectivity index (χ2n) is 28.5. The Hall–Kier alpha value is -12.1. The fraction of sp³-hybridized carbons (Fsp3) is 0.329. The summed E-state index contributed by atoms with van der Waals surface area (Å²) in [5, 5.41) is 75.7. The Morgan fingerprint density at radius 3 is 1.25 bits per heavy atom. The molecule has 536 valence electrons. The molecule has 106 heavy (non-hydrogen) atoms. The van der Waals surface area contributed by atoms with Crippen LogP contribution in [0.1, 0.15) is 204 Å². The van der Waals surface area contributed by atoms with Crippen molar-refractivity contribution in [2.24, 2.45) is 5.10 Å². The van der Waals surface area contributed by atoms with E-state index in [1.165, 1.54) is 11.1 Å². The predicted octanol–water partition coefficient (Wildman–Crippen LogP) is 9.11. The molecule has 3 unspecified atom stereocenters. The van der Waals surface area contributed by atoms with Crippen molar-refractivity contribution in [1.82, 2.24) is 44.1 Å². The van der Waals surface area contributed by atoms with E-state index in [-0.39, 0.29) is 31.6 Å². The van der Waals surface area contributed by atoms with Gasteiger partial charge in [-0.05, 0) is 134 Å². The number of aliphatic carboxylic acids is 4. The molecule has 0 radical (unpaired) electrons. The van der Waals surface area contributed by atoms with Gasteiger partial charge in [0.05, 0.1) is 56.3 Å². The van der Waals surface area contributed by atoms with E-state index in [9.17, 15) is 39.6 Å². The van der Waals surface area contributed by atoms with E-state index in [1.54, 1.807) is 0 Å². The lowest BCUT2D eigenvalue weighted by molar-refractivity contribution is -0.837. The van der Waals surface area contributed by atoms with Gasteiger partial charge >= 0.3 is 35.7 Å². The minimum Gasteiger partial charge on any atom is -0.481 e.